The molecule has 24 heavy (non-hydrogen) atoms. The minimum absolute atomic E-state index is 0.0259. The lowest BCUT2D eigenvalue weighted by molar-refractivity contribution is -0.137. The first-order valence-electron chi connectivity index (χ1n) is 6.79. The van der Waals surface area contributed by atoms with Crippen molar-refractivity contribution in [3.63, 3.8) is 0 Å². The van der Waals surface area contributed by atoms with Crippen LogP contribution in [0.2, 0.25) is 5.02 Å². The van der Waals surface area contributed by atoms with Gasteiger partial charge in [-0.1, -0.05) is 29.8 Å². The summed E-state index contributed by atoms with van der Waals surface area (Å²) >= 11 is 6.01. The van der Waals surface area contributed by atoms with Gasteiger partial charge in [0.25, 0.3) is 0 Å². The molecule has 0 aromatic heterocycles. The zero-order valence-corrected chi connectivity index (χ0v) is 12.7. The van der Waals surface area contributed by atoms with Gasteiger partial charge in [0, 0.05) is 10.6 Å². The second-order valence-electron chi connectivity index (χ2n) is 4.93. The van der Waals surface area contributed by atoms with Crippen molar-refractivity contribution in [3.8, 4) is 0 Å². The van der Waals surface area contributed by atoms with Gasteiger partial charge in [-0.05, 0) is 42.0 Å². The average molecular weight is 352 g/mol. The van der Waals surface area contributed by atoms with Crippen LogP contribution < -0.4 is 0 Å². The van der Waals surface area contributed by atoms with Gasteiger partial charge in [-0.3, -0.25) is 0 Å². The topological polar surface area (TPSA) is 38.7 Å². The molecule has 0 bridgehead atoms. The molecule has 0 saturated carbocycles. The van der Waals surface area contributed by atoms with E-state index in [2.05, 4.69) is 4.99 Å². The number of nitrogens with zero attached hydrogens (tertiary/aromatic N) is 1. The first kappa shape index (κ1) is 16.3. The molecule has 0 fully saturated rings. The number of alkyl halides is 3. The van der Waals surface area contributed by atoms with Gasteiger partial charge in [-0.2, -0.15) is 13.2 Å². The first-order valence-corrected chi connectivity index (χ1v) is 7.17. The fourth-order valence-corrected chi connectivity index (χ4v) is 2.26. The number of esters is 1. The molecule has 2 aromatic rings. The summed E-state index contributed by atoms with van der Waals surface area (Å²) in [6.45, 7) is 0. The maximum Gasteiger partial charge on any atom is 0.416 e. The fourth-order valence-electron chi connectivity index (χ4n) is 2.07. The van der Waals surface area contributed by atoms with Gasteiger partial charge in [0.1, 0.15) is 0 Å². The molecule has 3 rings (SSSR count). The first-order chi connectivity index (χ1) is 11.3. The molecule has 0 aliphatic carbocycles. The van der Waals surface area contributed by atoms with E-state index in [4.69, 9.17) is 16.3 Å². The SMILES string of the molecule is O=C1OC(c2ccc(C(F)(F)F)cc2)=NC1=Cc1ccccc1Cl. The largest absolute Gasteiger partial charge is 0.416 e. The number of carbonyl (C=O) groups is 1. The Morgan fingerprint density at radius 1 is 1.04 bits per heavy atom. The average Bonchev–Trinajstić information content (AvgIpc) is 2.90. The summed E-state index contributed by atoms with van der Waals surface area (Å²) in [5.74, 6) is -0.739. The van der Waals surface area contributed by atoms with Crippen LogP contribution in [0.5, 0.6) is 0 Å². The smallest absolute Gasteiger partial charge is 0.402 e. The van der Waals surface area contributed by atoms with Crippen molar-refractivity contribution >= 4 is 29.5 Å². The molecule has 0 saturated heterocycles. The second-order valence-corrected chi connectivity index (χ2v) is 5.34. The van der Waals surface area contributed by atoms with Crippen LogP contribution in [0.1, 0.15) is 16.7 Å². The molecule has 7 heteroatoms. The van der Waals surface area contributed by atoms with Crippen molar-refractivity contribution < 1.29 is 22.7 Å². The van der Waals surface area contributed by atoms with Crippen molar-refractivity contribution in [2.45, 2.75) is 6.18 Å². The van der Waals surface area contributed by atoms with E-state index in [0.29, 0.717) is 10.6 Å². The van der Waals surface area contributed by atoms with Crippen LogP contribution in [-0.2, 0) is 15.7 Å². The third-order valence-electron chi connectivity index (χ3n) is 3.28. The highest BCUT2D eigenvalue weighted by molar-refractivity contribution is 6.32. The van der Waals surface area contributed by atoms with Crippen molar-refractivity contribution in [1.29, 1.82) is 0 Å². The quantitative estimate of drug-likeness (QED) is 0.581. The molecule has 122 valence electrons. The standard InChI is InChI=1S/C17H9ClF3NO2/c18-13-4-2-1-3-11(13)9-14-16(23)24-15(22-14)10-5-7-12(8-6-10)17(19,20)21/h1-9H. The third-order valence-corrected chi connectivity index (χ3v) is 3.62. The Morgan fingerprint density at radius 3 is 2.33 bits per heavy atom. The molecule has 3 nitrogen and oxygen atoms in total. The zero-order chi connectivity index (χ0) is 17.3. The van der Waals surface area contributed by atoms with Gasteiger partial charge < -0.3 is 4.74 Å². The van der Waals surface area contributed by atoms with Crippen molar-refractivity contribution in [3.05, 3.63) is 75.9 Å². The van der Waals surface area contributed by atoms with Crippen molar-refractivity contribution in [2.24, 2.45) is 4.99 Å². The summed E-state index contributed by atoms with van der Waals surface area (Å²) in [6, 6.07) is 11.1. The van der Waals surface area contributed by atoms with Crippen LogP contribution in [0.25, 0.3) is 6.08 Å². The Bertz CT molecular complexity index is 855. The molecule has 1 aliphatic heterocycles. The lowest BCUT2D eigenvalue weighted by Gasteiger charge is -2.06. The van der Waals surface area contributed by atoms with Gasteiger partial charge in [0.15, 0.2) is 5.70 Å². The molecule has 0 N–H and O–H groups in total. The summed E-state index contributed by atoms with van der Waals surface area (Å²) < 4.78 is 42.7. The maximum absolute atomic E-state index is 12.6. The molecule has 0 radical (unpaired) electrons. The van der Waals surface area contributed by atoms with Gasteiger partial charge in [-0.25, -0.2) is 9.79 Å². The zero-order valence-electron chi connectivity index (χ0n) is 12.0. The van der Waals surface area contributed by atoms with E-state index < -0.39 is 17.7 Å². The Morgan fingerprint density at radius 2 is 1.71 bits per heavy atom. The van der Waals surface area contributed by atoms with Gasteiger partial charge in [-0.15, -0.1) is 0 Å². The highest BCUT2D eigenvalue weighted by Gasteiger charge is 2.31. The predicted octanol–water partition coefficient (Wildman–Crippen LogP) is 4.70. The van der Waals surface area contributed by atoms with Crippen LogP contribution >= 0.6 is 11.6 Å². The van der Waals surface area contributed by atoms with E-state index in [1.165, 1.54) is 18.2 Å². The van der Waals surface area contributed by atoms with Gasteiger partial charge >= 0.3 is 12.1 Å². The fraction of sp³-hybridized carbons (Fsp3) is 0.0588. The highest BCUT2D eigenvalue weighted by atomic mass is 35.5. The molecule has 1 aliphatic rings. The summed E-state index contributed by atoms with van der Waals surface area (Å²) in [4.78, 5) is 15.9. The Balaban J connectivity index is 1.91. The summed E-state index contributed by atoms with van der Waals surface area (Å²) in [5, 5.41) is 0.441. The molecule has 2 aromatic carbocycles. The van der Waals surface area contributed by atoms with Crippen LogP contribution in [0.4, 0.5) is 13.2 Å². The van der Waals surface area contributed by atoms with E-state index in [1.807, 2.05) is 0 Å². The lowest BCUT2D eigenvalue weighted by atomic mass is 10.1. The molecule has 0 amide bonds. The van der Waals surface area contributed by atoms with Crippen LogP contribution in [0.15, 0.2) is 59.2 Å². The minimum Gasteiger partial charge on any atom is -0.402 e. The molecule has 0 atom stereocenters. The molecule has 1 heterocycles. The van der Waals surface area contributed by atoms with Crippen LogP contribution in [-0.4, -0.2) is 11.9 Å². The van der Waals surface area contributed by atoms with Crippen molar-refractivity contribution in [2.75, 3.05) is 0 Å². The Hall–Kier alpha value is -2.60. The van der Waals surface area contributed by atoms with Crippen LogP contribution in [0.3, 0.4) is 0 Å². The molecular weight excluding hydrogens is 343 g/mol. The van der Waals surface area contributed by atoms with E-state index in [9.17, 15) is 18.0 Å². The van der Waals surface area contributed by atoms with E-state index >= 15 is 0 Å². The minimum atomic E-state index is -4.43. The molecule has 0 unspecified atom stereocenters. The van der Waals surface area contributed by atoms with E-state index in [0.717, 1.165) is 12.1 Å². The Kier molecular flexibility index (Phi) is 4.15. The number of carbonyl (C=O) groups excluding carboxylic acids is 1. The third kappa shape index (κ3) is 3.33. The summed E-state index contributed by atoms with van der Waals surface area (Å²) in [7, 11) is 0. The normalized spacial score (nSPS) is 16.2. The van der Waals surface area contributed by atoms with Gasteiger partial charge in [0.2, 0.25) is 5.90 Å². The molecular formula is C17H9ClF3NO2. The predicted molar refractivity (Wildman–Crippen MR) is 83.5 cm³/mol. The number of ether oxygens (including phenoxy) is 1. The number of hydrogen-bond donors (Lipinski definition) is 0. The molecule has 0 spiro atoms. The number of hydrogen-bond acceptors (Lipinski definition) is 3. The summed E-state index contributed by atoms with van der Waals surface area (Å²) in [6.07, 6.45) is -2.97. The van der Waals surface area contributed by atoms with E-state index in [1.54, 1.807) is 24.3 Å². The van der Waals surface area contributed by atoms with Crippen molar-refractivity contribution in [1.82, 2.24) is 0 Å². The highest BCUT2D eigenvalue weighted by Crippen LogP contribution is 2.30. The Labute approximate surface area is 140 Å². The van der Waals surface area contributed by atoms with Crippen LogP contribution in [0, 0.1) is 0 Å². The number of benzene rings is 2. The van der Waals surface area contributed by atoms with Gasteiger partial charge in [0.05, 0.1) is 5.56 Å². The number of cyclic esters (lactones) is 1. The maximum atomic E-state index is 12.6. The number of rotatable bonds is 2. The van der Waals surface area contributed by atoms with E-state index in [-0.39, 0.29) is 17.2 Å². The second kappa shape index (κ2) is 6.13. The number of aliphatic imine (C=N–C) groups is 1. The lowest BCUT2D eigenvalue weighted by Crippen LogP contribution is -2.08. The number of halogens is 4. The summed E-state index contributed by atoms with van der Waals surface area (Å²) in [5.41, 5.74) is 0.100. The monoisotopic (exact) mass is 351 g/mol.